The highest BCUT2D eigenvalue weighted by Crippen LogP contribution is 2.68. The summed E-state index contributed by atoms with van der Waals surface area (Å²) in [5.74, 6) is 7.57. The Labute approximate surface area is 189 Å². The van der Waals surface area contributed by atoms with Gasteiger partial charge in [0.25, 0.3) is 0 Å². The smallest absolute Gasteiger partial charge is 0.00851 e. The fourth-order valence-electron chi connectivity index (χ4n) is 9.56. The lowest BCUT2D eigenvalue weighted by molar-refractivity contribution is -0.0606. The van der Waals surface area contributed by atoms with Gasteiger partial charge in [-0.1, -0.05) is 73.0 Å². The Morgan fingerprint density at radius 2 is 1.70 bits per heavy atom. The van der Waals surface area contributed by atoms with Gasteiger partial charge in [-0.15, -0.1) is 0 Å². The van der Waals surface area contributed by atoms with Crippen LogP contribution < -0.4 is 0 Å². The zero-order valence-corrected chi connectivity index (χ0v) is 21.5. The number of hydrogen-bond acceptors (Lipinski definition) is 0. The van der Waals surface area contributed by atoms with Gasteiger partial charge in [0.1, 0.15) is 0 Å². The Morgan fingerprint density at radius 3 is 2.40 bits per heavy atom. The molecule has 0 aromatic heterocycles. The van der Waals surface area contributed by atoms with Crippen molar-refractivity contribution >= 4 is 0 Å². The first-order valence-electron chi connectivity index (χ1n) is 13.9. The molecular formula is C30H52. The van der Waals surface area contributed by atoms with E-state index in [4.69, 9.17) is 0 Å². The van der Waals surface area contributed by atoms with Crippen LogP contribution in [0.2, 0.25) is 0 Å². The average Bonchev–Trinajstić information content (AvgIpc) is 3.06. The van der Waals surface area contributed by atoms with Gasteiger partial charge < -0.3 is 0 Å². The molecule has 172 valence electrons. The molecule has 4 rings (SSSR count). The minimum Gasteiger partial charge on any atom is -0.0819 e. The predicted molar refractivity (Wildman–Crippen MR) is 131 cm³/mol. The molecule has 0 aliphatic heterocycles. The van der Waals surface area contributed by atoms with Crippen molar-refractivity contribution in [2.75, 3.05) is 0 Å². The summed E-state index contributed by atoms with van der Waals surface area (Å²) in [4.78, 5) is 0. The molecule has 0 saturated heterocycles. The molecule has 0 nitrogen and oxygen atoms in total. The highest BCUT2D eigenvalue weighted by Gasteiger charge is 2.59. The first kappa shape index (κ1) is 22.9. The van der Waals surface area contributed by atoms with Gasteiger partial charge in [-0.05, 0) is 116 Å². The third kappa shape index (κ3) is 3.75. The molecule has 0 heterocycles. The highest BCUT2D eigenvalue weighted by atomic mass is 14.6. The van der Waals surface area contributed by atoms with Crippen molar-refractivity contribution in [3.63, 3.8) is 0 Å². The van der Waals surface area contributed by atoms with Crippen LogP contribution in [0.5, 0.6) is 0 Å². The average molecular weight is 413 g/mol. The molecule has 30 heavy (non-hydrogen) atoms. The van der Waals surface area contributed by atoms with Gasteiger partial charge in [-0.3, -0.25) is 0 Å². The van der Waals surface area contributed by atoms with Crippen molar-refractivity contribution in [1.82, 2.24) is 0 Å². The Morgan fingerprint density at radius 1 is 0.933 bits per heavy atom. The van der Waals surface area contributed by atoms with Crippen LogP contribution in [0.25, 0.3) is 0 Å². The Kier molecular flexibility index (Phi) is 6.56. The van der Waals surface area contributed by atoms with E-state index < -0.39 is 0 Å². The zero-order valence-electron chi connectivity index (χ0n) is 21.5. The summed E-state index contributed by atoms with van der Waals surface area (Å²) >= 11 is 0. The molecule has 0 unspecified atom stereocenters. The molecule has 0 aromatic rings. The van der Waals surface area contributed by atoms with Crippen molar-refractivity contribution < 1.29 is 0 Å². The summed E-state index contributed by atoms with van der Waals surface area (Å²) in [6.45, 7) is 17.8. The second kappa shape index (κ2) is 8.59. The number of fused-ring (bicyclic) bond motifs is 5. The summed E-state index contributed by atoms with van der Waals surface area (Å²) in [5.41, 5.74) is 3.06. The summed E-state index contributed by atoms with van der Waals surface area (Å²) in [6, 6.07) is 0. The zero-order chi connectivity index (χ0) is 21.7. The van der Waals surface area contributed by atoms with Gasteiger partial charge >= 0.3 is 0 Å². The molecule has 0 N–H and O–H groups in total. The van der Waals surface area contributed by atoms with Crippen LogP contribution in [0.3, 0.4) is 0 Å². The molecular weight excluding hydrogens is 360 g/mol. The lowest BCUT2D eigenvalue weighted by Crippen LogP contribution is -2.50. The van der Waals surface area contributed by atoms with Crippen LogP contribution in [0.15, 0.2) is 11.6 Å². The lowest BCUT2D eigenvalue weighted by atomic mass is 9.46. The van der Waals surface area contributed by atoms with Crippen LogP contribution >= 0.6 is 0 Å². The number of hydrogen-bond donors (Lipinski definition) is 0. The minimum absolute atomic E-state index is 0.548. The number of allylic oxidation sites excluding steroid dienone is 2. The molecule has 0 amide bonds. The molecule has 3 saturated carbocycles. The topological polar surface area (TPSA) is 0 Å². The van der Waals surface area contributed by atoms with Gasteiger partial charge in [0.05, 0.1) is 0 Å². The van der Waals surface area contributed by atoms with E-state index in [1.54, 1.807) is 6.42 Å². The van der Waals surface area contributed by atoms with Crippen LogP contribution in [0.4, 0.5) is 0 Å². The maximum absolute atomic E-state index is 2.75. The largest absolute Gasteiger partial charge is 0.0819 e. The summed E-state index contributed by atoms with van der Waals surface area (Å²) < 4.78 is 0. The normalized spacial score (nSPS) is 45.3. The first-order chi connectivity index (χ1) is 14.2. The quantitative estimate of drug-likeness (QED) is 0.381. The molecule has 0 radical (unpaired) electrons. The Hall–Kier alpha value is -0.260. The second-order valence-corrected chi connectivity index (χ2v) is 13.2. The minimum atomic E-state index is 0.548. The number of rotatable bonds is 6. The molecule has 0 bridgehead atoms. The molecule has 0 spiro atoms. The van der Waals surface area contributed by atoms with Crippen LogP contribution in [-0.4, -0.2) is 0 Å². The molecule has 0 heteroatoms. The van der Waals surface area contributed by atoms with E-state index in [0.717, 1.165) is 47.3 Å². The SMILES string of the molecule is CC[C@H](CC[C@@H](C)[C@H]1CC[C@H]2[C@@H]3CCC4=C[C@@H](C)CC[C@]4(C)[C@H]3CC[C@]12C)C(C)C. The van der Waals surface area contributed by atoms with Crippen molar-refractivity contribution in [3.8, 4) is 0 Å². The van der Waals surface area contributed by atoms with E-state index in [9.17, 15) is 0 Å². The van der Waals surface area contributed by atoms with E-state index in [1.165, 1.54) is 64.2 Å². The third-order valence-corrected chi connectivity index (χ3v) is 11.6. The molecule has 4 aliphatic rings. The van der Waals surface area contributed by atoms with Gasteiger partial charge in [0.15, 0.2) is 0 Å². The predicted octanol–water partition coefficient (Wildman–Crippen LogP) is 9.30. The molecule has 4 aliphatic carbocycles. The maximum atomic E-state index is 2.75. The van der Waals surface area contributed by atoms with Crippen molar-refractivity contribution in [1.29, 1.82) is 0 Å². The fourth-order valence-corrected chi connectivity index (χ4v) is 9.56. The van der Waals surface area contributed by atoms with Gasteiger partial charge in [-0.2, -0.15) is 0 Å². The summed E-state index contributed by atoms with van der Waals surface area (Å²) in [7, 11) is 0. The van der Waals surface area contributed by atoms with Crippen LogP contribution in [0, 0.1) is 58.2 Å². The highest BCUT2D eigenvalue weighted by molar-refractivity contribution is 5.24. The lowest BCUT2D eigenvalue weighted by Gasteiger charge is -2.59. The standard InChI is InChI=1S/C30H52/c1-8-23(20(2)3)10-9-22(5)26-13-14-27-25-12-11-24-19-21(4)15-17-29(24,6)28(25)16-18-30(26,27)7/h19-23,25-28H,8-18H2,1-7H3/t21-,22+,23+,25-,26+,27-,28-,29-,30+/m0/s1. The van der Waals surface area contributed by atoms with E-state index >= 15 is 0 Å². The van der Waals surface area contributed by atoms with E-state index in [2.05, 4.69) is 54.5 Å². The molecule has 3 fully saturated rings. The van der Waals surface area contributed by atoms with Crippen molar-refractivity contribution in [3.05, 3.63) is 11.6 Å². The van der Waals surface area contributed by atoms with E-state index in [1.807, 2.05) is 5.57 Å². The van der Waals surface area contributed by atoms with Crippen LogP contribution in [0.1, 0.15) is 119 Å². The Balaban J connectivity index is 1.47. The van der Waals surface area contributed by atoms with Crippen molar-refractivity contribution in [2.45, 2.75) is 119 Å². The van der Waals surface area contributed by atoms with Crippen molar-refractivity contribution in [2.24, 2.45) is 58.2 Å². The van der Waals surface area contributed by atoms with E-state index in [-0.39, 0.29) is 0 Å². The Bertz CT molecular complexity index is 628. The second-order valence-electron chi connectivity index (χ2n) is 13.2. The first-order valence-corrected chi connectivity index (χ1v) is 13.9. The van der Waals surface area contributed by atoms with Gasteiger partial charge in [0, 0.05) is 0 Å². The summed E-state index contributed by atoms with van der Waals surface area (Å²) in [5, 5.41) is 0. The molecule has 9 atom stereocenters. The fraction of sp³-hybridized carbons (Fsp3) is 0.933. The summed E-state index contributed by atoms with van der Waals surface area (Å²) in [6.07, 6.45) is 18.9. The van der Waals surface area contributed by atoms with E-state index in [0.29, 0.717) is 10.8 Å². The van der Waals surface area contributed by atoms with Gasteiger partial charge in [0.2, 0.25) is 0 Å². The molecule has 0 aromatic carbocycles. The third-order valence-electron chi connectivity index (χ3n) is 11.6. The monoisotopic (exact) mass is 412 g/mol. The van der Waals surface area contributed by atoms with Crippen LogP contribution in [-0.2, 0) is 0 Å². The maximum Gasteiger partial charge on any atom is -0.00851 e. The van der Waals surface area contributed by atoms with Gasteiger partial charge in [-0.25, -0.2) is 0 Å².